The number of benzene rings is 1. The SMILES string of the molecule is COc1ccc(Cl)cc1NC(=O)CSc1nc(C)ccc1C#N. The summed E-state index contributed by atoms with van der Waals surface area (Å²) in [5, 5.41) is 12.9. The third-order valence-electron chi connectivity index (χ3n) is 2.90. The van der Waals surface area contributed by atoms with E-state index in [1.54, 1.807) is 30.3 Å². The van der Waals surface area contributed by atoms with Gasteiger partial charge >= 0.3 is 0 Å². The van der Waals surface area contributed by atoms with Crippen LogP contribution in [0.15, 0.2) is 35.4 Å². The summed E-state index contributed by atoms with van der Waals surface area (Å²) >= 11 is 7.14. The van der Waals surface area contributed by atoms with Crippen LogP contribution in [0.25, 0.3) is 0 Å². The molecule has 118 valence electrons. The lowest BCUT2D eigenvalue weighted by Crippen LogP contribution is -2.15. The standard InChI is InChI=1S/C16H14ClN3O2S/c1-10-3-4-11(8-18)16(19-10)23-9-15(21)20-13-7-12(17)5-6-14(13)22-2/h3-7H,9H2,1-2H3,(H,20,21). The molecule has 2 rings (SSSR count). The van der Waals surface area contributed by atoms with Gasteiger partial charge in [-0.1, -0.05) is 23.4 Å². The number of nitrogens with one attached hydrogen (secondary N) is 1. The number of methoxy groups -OCH3 is 1. The van der Waals surface area contributed by atoms with E-state index in [1.807, 2.05) is 6.92 Å². The number of anilines is 1. The first-order valence-electron chi connectivity index (χ1n) is 6.67. The Kier molecular flexibility index (Phi) is 5.85. The quantitative estimate of drug-likeness (QED) is 0.835. The average Bonchev–Trinajstić information content (AvgIpc) is 2.53. The van der Waals surface area contributed by atoms with Gasteiger partial charge in [-0.15, -0.1) is 0 Å². The number of hydrogen-bond acceptors (Lipinski definition) is 5. The van der Waals surface area contributed by atoms with Gasteiger partial charge in [0, 0.05) is 10.7 Å². The van der Waals surface area contributed by atoms with Crippen molar-refractivity contribution in [3.63, 3.8) is 0 Å². The first-order chi connectivity index (χ1) is 11.0. The van der Waals surface area contributed by atoms with E-state index in [1.165, 1.54) is 18.9 Å². The first kappa shape index (κ1) is 17.1. The monoisotopic (exact) mass is 347 g/mol. The largest absolute Gasteiger partial charge is 0.495 e. The fourth-order valence-corrected chi connectivity index (χ4v) is 2.82. The number of thioether (sulfide) groups is 1. The number of hydrogen-bond donors (Lipinski definition) is 1. The number of pyridine rings is 1. The maximum atomic E-state index is 12.1. The van der Waals surface area contributed by atoms with Crippen molar-refractivity contribution in [3.8, 4) is 11.8 Å². The number of aromatic nitrogens is 1. The lowest BCUT2D eigenvalue weighted by molar-refractivity contribution is -0.113. The molecule has 0 saturated heterocycles. The molecule has 5 nitrogen and oxygen atoms in total. The van der Waals surface area contributed by atoms with Crippen molar-refractivity contribution in [1.82, 2.24) is 4.98 Å². The number of amides is 1. The molecule has 0 unspecified atom stereocenters. The molecular formula is C16H14ClN3O2S. The summed E-state index contributed by atoms with van der Waals surface area (Å²) in [5.41, 5.74) is 1.75. The lowest BCUT2D eigenvalue weighted by Gasteiger charge is -2.10. The molecule has 0 aliphatic carbocycles. The lowest BCUT2D eigenvalue weighted by atomic mass is 10.3. The maximum absolute atomic E-state index is 12.1. The van der Waals surface area contributed by atoms with Crippen LogP contribution in [0.1, 0.15) is 11.3 Å². The fourth-order valence-electron chi connectivity index (χ4n) is 1.83. The number of nitriles is 1. The van der Waals surface area contributed by atoms with Crippen LogP contribution in [0, 0.1) is 18.3 Å². The Labute approximate surface area is 143 Å². The van der Waals surface area contributed by atoms with Crippen LogP contribution < -0.4 is 10.1 Å². The van der Waals surface area contributed by atoms with Crippen LogP contribution in [0.3, 0.4) is 0 Å². The van der Waals surface area contributed by atoms with Crippen LogP contribution in [-0.2, 0) is 4.79 Å². The minimum absolute atomic E-state index is 0.126. The molecule has 0 saturated carbocycles. The van der Waals surface area contributed by atoms with Gasteiger partial charge in [0.15, 0.2) is 0 Å². The number of nitrogens with zero attached hydrogens (tertiary/aromatic N) is 2. The second-order valence-corrected chi connectivity index (χ2v) is 6.00. The highest BCUT2D eigenvalue weighted by Gasteiger charge is 2.11. The molecule has 0 fully saturated rings. The fraction of sp³-hybridized carbons (Fsp3) is 0.188. The third kappa shape index (κ3) is 4.62. The number of carbonyl (C=O) groups excluding carboxylic acids is 1. The highest BCUT2D eigenvalue weighted by molar-refractivity contribution is 8.00. The number of aryl methyl sites for hydroxylation is 1. The first-order valence-corrected chi connectivity index (χ1v) is 8.03. The van der Waals surface area contributed by atoms with Gasteiger partial charge in [-0.2, -0.15) is 5.26 Å². The molecule has 1 N–H and O–H groups in total. The second-order valence-electron chi connectivity index (χ2n) is 4.60. The van der Waals surface area contributed by atoms with Gasteiger partial charge in [0.1, 0.15) is 16.8 Å². The van der Waals surface area contributed by atoms with Crippen molar-refractivity contribution in [2.75, 3.05) is 18.2 Å². The molecule has 23 heavy (non-hydrogen) atoms. The molecule has 7 heteroatoms. The molecule has 0 radical (unpaired) electrons. The van der Waals surface area contributed by atoms with Gasteiger partial charge in [0.05, 0.1) is 24.1 Å². The van der Waals surface area contributed by atoms with E-state index in [0.717, 1.165) is 5.69 Å². The van der Waals surface area contributed by atoms with Gasteiger partial charge in [-0.25, -0.2) is 4.98 Å². The molecular weight excluding hydrogens is 334 g/mol. The molecule has 0 bridgehead atoms. The second kappa shape index (κ2) is 7.86. The average molecular weight is 348 g/mol. The Morgan fingerprint density at radius 3 is 2.91 bits per heavy atom. The Morgan fingerprint density at radius 1 is 1.43 bits per heavy atom. The van der Waals surface area contributed by atoms with E-state index < -0.39 is 0 Å². The zero-order valence-corrected chi connectivity index (χ0v) is 14.2. The van der Waals surface area contributed by atoms with Gasteiger partial charge in [0.2, 0.25) is 5.91 Å². The molecule has 0 spiro atoms. The maximum Gasteiger partial charge on any atom is 0.234 e. The molecule has 1 amide bonds. The Bertz CT molecular complexity index is 774. The molecule has 2 aromatic rings. The van der Waals surface area contributed by atoms with Gasteiger partial charge in [-0.3, -0.25) is 4.79 Å². The minimum Gasteiger partial charge on any atom is -0.495 e. The van der Waals surface area contributed by atoms with Crippen molar-refractivity contribution in [1.29, 1.82) is 5.26 Å². The molecule has 0 aliphatic rings. The van der Waals surface area contributed by atoms with Crippen LogP contribution in [0.2, 0.25) is 5.02 Å². The number of ether oxygens (including phenoxy) is 1. The molecule has 1 heterocycles. The van der Waals surface area contributed by atoms with Gasteiger partial charge in [0.25, 0.3) is 0 Å². The van der Waals surface area contributed by atoms with E-state index in [-0.39, 0.29) is 11.7 Å². The highest BCUT2D eigenvalue weighted by Crippen LogP contribution is 2.28. The summed E-state index contributed by atoms with van der Waals surface area (Å²) < 4.78 is 5.18. The zero-order chi connectivity index (χ0) is 16.8. The Balaban J connectivity index is 2.05. The third-order valence-corrected chi connectivity index (χ3v) is 4.12. The van der Waals surface area contributed by atoms with Crippen LogP contribution in [0.4, 0.5) is 5.69 Å². The summed E-state index contributed by atoms with van der Waals surface area (Å²) in [6, 6.07) is 10.5. The van der Waals surface area contributed by atoms with E-state index in [0.29, 0.717) is 27.0 Å². The van der Waals surface area contributed by atoms with E-state index in [9.17, 15) is 4.79 Å². The predicted octanol–water partition coefficient (Wildman–Crippen LogP) is 3.65. The van der Waals surface area contributed by atoms with Crippen molar-refractivity contribution in [2.24, 2.45) is 0 Å². The molecule has 0 aliphatic heterocycles. The topological polar surface area (TPSA) is 75.0 Å². The van der Waals surface area contributed by atoms with Crippen molar-refractivity contribution >= 4 is 35.0 Å². The minimum atomic E-state index is -0.234. The van der Waals surface area contributed by atoms with Crippen molar-refractivity contribution < 1.29 is 9.53 Å². The van der Waals surface area contributed by atoms with Crippen LogP contribution in [0.5, 0.6) is 5.75 Å². The summed E-state index contributed by atoms with van der Waals surface area (Å²) in [6.45, 7) is 1.84. The van der Waals surface area contributed by atoms with E-state index >= 15 is 0 Å². The highest BCUT2D eigenvalue weighted by atomic mass is 35.5. The van der Waals surface area contributed by atoms with E-state index in [2.05, 4.69) is 16.4 Å². The Morgan fingerprint density at radius 2 is 2.22 bits per heavy atom. The normalized spacial score (nSPS) is 10.0. The van der Waals surface area contributed by atoms with Gasteiger partial charge < -0.3 is 10.1 Å². The van der Waals surface area contributed by atoms with Crippen molar-refractivity contribution in [3.05, 3.63) is 46.6 Å². The van der Waals surface area contributed by atoms with Crippen LogP contribution >= 0.6 is 23.4 Å². The molecule has 0 atom stereocenters. The van der Waals surface area contributed by atoms with Gasteiger partial charge in [-0.05, 0) is 37.3 Å². The zero-order valence-electron chi connectivity index (χ0n) is 12.6. The number of halogens is 1. The van der Waals surface area contributed by atoms with Crippen LogP contribution in [-0.4, -0.2) is 23.8 Å². The molecule has 1 aromatic carbocycles. The smallest absolute Gasteiger partial charge is 0.234 e. The number of rotatable bonds is 5. The molecule has 1 aromatic heterocycles. The Hall–Kier alpha value is -2.23. The summed E-state index contributed by atoms with van der Waals surface area (Å²) in [4.78, 5) is 16.4. The predicted molar refractivity (Wildman–Crippen MR) is 91.0 cm³/mol. The van der Waals surface area contributed by atoms with E-state index in [4.69, 9.17) is 21.6 Å². The summed E-state index contributed by atoms with van der Waals surface area (Å²) in [6.07, 6.45) is 0. The summed E-state index contributed by atoms with van der Waals surface area (Å²) in [7, 11) is 1.52. The summed E-state index contributed by atoms with van der Waals surface area (Å²) in [5.74, 6) is 0.419. The van der Waals surface area contributed by atoms with Crippen molar-refractivity contribution in [2.45, 2.75) is 11.9 Å². The number of carbonyl (C=O) groups is 1.